The van der Waals surface area contributed by atoms with E-state index in [2.05, 4.69) is 0 Å². The molecule has 0 saturated heterocycles. The first-order chi connectivity index (χ1) is 12.6. The van der Waals surface area contributed by atoms with E-state index >= 15 is 0 Å². The predicted molar refractivity (Wildman–Crippen MR) is 98.1 cm³/mol. The van der Waals surface area contributed by atoms with Gasteiger partial charge < -0.3 is 14.6 Å². The number of benzene rings is 3. The van der Waals surface area contributed by atoms with Crippen molar-refractivity contribution in [1.82, 2.24) is 0 Å². The van der Waals surface area contributed by atoms with Gasteiger partial charge in [-0.05, 0) is 48.2 Å². The van der Waals surface area contributed by atoms with Crippen LogP contribution >= 0.6 is 0 Å². The number of esters is 1. The zero-order valence-electron chi connectivity index (χ0n) is 14.3. The van der Waals surface area contributed by atoms with Crippen molar-refractivity contribution in [1.29, 1.82) is 0 Å². The lowest BCUT2D eigenvalue weighted by Gasteiger charge is -2.12. The van der Waals surface area contributed by atoms with E-state index in [1.807, 2.05) is 31.2 Å². The number of fused-ring (bicyclic) bond motifs is 1. The Morgan fingerprint density at radius 2 is 1.62 bits per heavy atom. The number of hydrogen-bond donors (Lipinski definition) is 1. The molecule has 5 heteroatoms. The van der Waals surface area contributed by atoms with Crippen LogP contribution in [0.4, 0.5) is 0 Å². The van der Waals surface area contributed by atoms with E-state index in [-0.39, 0.29) is 11.3 Å². The number of carboxylic acids is 1. The average Bonchev–Trinajstić information content (AvgIpc) is 2.66. The fraction of sp³-hybridized carbons (Fsp3) is 0.143. The molecule has 26 heavy (non-hydrogen) atoms. The second kappa shape index (κ2) is 7.70. The molecule has 0 aromatic heterocycles. The number of carbonyl (C=O) groups excluding carboxylic acids is 1. The van der Waals surface area contributed by atoms with Crippen LogP contribution in [0.2, 0.25) is 0 Å². The second-order valence-corrected chi connectivity index (χ2v) is 5.72. The summed E-state index contributed by atoms with van der Waals surface area (Å²) in [5, 5.41) is 10.5. The van der Waals surface area contributed by atoms with Gasteiger partial charge in [-0.1, -0.05) is 31.2 Å². The maximum absolute atomic E-state index is 12.6. The van der Waals surface area contributed by atoms with Gasteiger partial charge in [-0.25, -0.2) is 9.59 Å². The molecule has 132 valence electrons. The number of aromatic carboxylic acids is 1. The summed E-state index contributed by atoms with van der Waals surface area (Å²) in [6.07, 6.45) is 0.893. The monoisotopic (exact) mass is 350 g/mol. The highest BCUT2D eigenvalue weighted by Gasteiger charge is 2.15. The van der Waals surface area contributed by atoms with E-state index in [1.165, 1.54) is 24.3 Å². The number of carboxylic acid groups (broad SMARTS) is 1. The Bertz CT molecular complexity index is 944. The summed E-state index contributed by atoms with van der Waals surface area (Å²) < 4.78 is 11.1. The summed E-state index contributed by atoms with van der Waals surface area (Å²) in [5.74, 6) is -0.525. The van der Waals surface area contributed by atoms with E-state index in [0.717, 1.165) is 22.9 Å². The van der Waals surface area contributed by atoms with Crippen molar-refractivity contribution in [2.24, 2.45) is 0 Å². The van der Waals surface area contributed by atoms with Crippen LogP contribution in [0.15, 0.2) is 60.7 Å². The van der Waals surface area contributed by atoms with E-state index in [4.69, 9.17) is 14.6 Å². The third-order valence-corrected chi connectivity index (χ3v) is 3.88. The molecule has 0 amide bonds. The number of hydrogen-bond acceptors (Lipinski definition) is 4. The maximum Gasteiger partial charge on any atom is 0.344 e. The van der Waals surface area contributed by atoms with Crippen LogP contribution in [-0.2, 0) is 0 Å². The van der Waals surface area contributed by atoms with Gasteiger partial charge in [0.05, 0.1) is 17.7 Å². The molecule has 1 N–H and O–H groups in total. The molecule has 5 nitrogen and oxygen atoms in total. The van der Waals surface area contributed by atoms with Gasteiger partial charge in [0, 0.05) is 5.39 Å². The first kappa shape index (κ1) is 17.5. The minimum absolute atomic E-state index is 0.132. The van der Waals surface area contributed by atoms with Crippen molar-refractivity contribution in [3.63, 3.8) is 0 Å². The van der Waals surface area contributed by atoms with Gasteiger partial charge in [-0.2, -0.15) is 0 Å². The largest absolute Gasteiger partial charge is 0.493 e. The smallest absolute Gasteiger partial charge is 0.344 e. The van der Waals surface area contributed by atoms with Crippen LogP contribution < -0.4 is 9.47 Å². The van der Waals surface area contributed by atoms with Gasteiger partial charge in [-0.3, -0.25) is 0 Å². The van der Waals surface area contributed by atoms with Gasteiger partial charge in [0.2, 0.25) is 0 Å². The Balaban J connectivity index is 1.89. The third-order valence-electron chi connectivity index (χ3n) is 3.88. The molecular weight excluding hydrogens is 332 g/mol. The molecular formula is C21H18O5. The van der Waals surface area contributed by atoms with Crippen molar-refractivity contribution < 1.29 is 24.2 Å². The summed E-state index contributed by atoms with van der Waals surface area (Å²) in [6, 6.07) is 16.6. The van der Waals surface area contributed by atoms with E-state index in [9.17, 15) is 9.59 Å². The third kappa shape index (κ3) is 3.67. The fourth-order valence-corrected chi connectivity index (χ4v) is 2.61. The molecule has 0 saturated carbocycles. The number of carbonyl (C=O) groups is 2. The standard InChI is InChI=1S/C21H18O5/c1-2-13-25-19-12-11-18(16-5-3-4-6-17(16)19)21(24)26-15-9-7-14(8-10-15)20(22)23/h3-12H,2,13H2,1H3,(H,22,23). The van der Waals surface area contributed by atoms with Crippen LogP contribution in [0.1, 0.15) is 34.1 Å². The van der Waals surface area contributed by atoms with Crippen LogP contribution in [0, 0.1) is 0 Å². The molecule has 3 aromatic carbocycles. The Hall–Kier alpha value is -3.34. The molecule has 0 bridgehead atoms. The highest BCUT2D eigenvalue weighted by molar-refractivity contribution is 6.07. The first-order valence-electron chi connectivity index (χ1n) is 8.30. The lowest BCUT2D eigenvalue weighted by atomic mass is 10.0. The molecule has 0 fully saturated rings. The SMILES string of the molecule is CCCOc1ccc(C(=O)Oc2ccc(C(=O)O)cc2)c2ccccc12. The zero-order chi connectivity index (χ0) is 18.5. The van der Waals surface area contributed by atoms with Crippen LogP contribution in [-0.4, -0.2) is 23.7 Å². The number of ether oxygens (including phenoxy) is 2. The molecule has 0 spiro atoms. The quantitative estimate of drug-likeness (QED) is 0.522. The molecule has 0 heterocycles. The molecule has 0 atom stereocenters. The highest BCUT2D eigenvalue weighted by atomic mass is 16.5. The maximum atomic E-state index is 12.6. The molecule has 0 radical (unpaired) electrons. The molecule has 0 aliphatic heterocycles. The summed E-state index contributed by atoms with van der Waals surface area (Å²) >= 11 is 0. The van der Waals surface area contributed by atoms with Crippen molar-refractivity contribution in [3.8, 4) is 11.5 Å². The van der Waals surface area contributed by atoms with Gasteiger partial charge in [0.15, 0.2) is 0 Å². The molecule has 0 aliphatic rings. The molecule has 3 rings (SSSR count). The number of rotatable bonds is 6. The Morgan fingerprint density at radius 1 is 0.923 bits per heavy atom. The lowest BCUT2D eigenvalue weighted by molar-refractivity contribution is 0.0696. The second-order valence-electron chi connectivity index (χ2n) is 5.72. The zero-order valence-corrected chi connectivity index (χ0v) is 14.3. The fourth-order valence-electron chi connectivity index (χ4n) is 2.61. The average molecular weight is 350 g/mol. The van der Waals surface area contributed by atoms with E-state index in [0.29, 0.717) is 12.2 Å². The van der Waals surface area contributed by atoms with Crippen molar-refractivity contribution >= 4 is 22.7 Å². The molecule has 0 unspecified atom stereocenters. The molecule has 3 aromatic rings. The normalized spacial score (nSPS) is 10.5. The van der Waals surface area contributed by atoms with Crippen molar-refractivity contribution in [2.75, 3.05) is 6.61 Å². The minimum Gasteiger partial charge on any atom is -0.493 e. The van der Waals surface area contributed by atoms with Gasteiger partial charge in [-0.15, -0.1) is 0 Å². The van der Waals surface area contributed by atoms with Gasteiger partial charge in [0.1, 0.15) is 11.5 Å². The van der Waals surface area contributed by atoms with E-state index in [1.54, 1.807) is 12.1 Å². The van der Waals surface area contributed by atoms with Crippen LogP contribution in [0.5, 0.6) is 11.5 Å². The minimum atomic E-state index is -1.03. The van der Waals surface area contributed by atoms with Crippen LogP contribution in [0.25, 0.3) is 10.8 Å². The summed E-state index contributed by atoms with van der Waals surface area (Å²) in [5.41, 5.74) is 0.555. The van der Waals surface area contributed by atoms with Gasteiger partial charge >= 0.3 is 11.9 Å². The van der Waals surface area contributed by atoms with E-state index < -0.39 is 11.9 Å². The summed E-state index contributed by atoms with van der Waals surface area (Å²) in [6.45, 7) is 2.63. The molecule has 0 aliphatic carbocycles. The Labute approximate surface area is 150 Å². The summed E-state index contributed by atoms with van der Waals surface area (Å²) in [4.78, 5) is 23.5. The van der Waals surface area contributed by atoms with Crippen LogP contribution in [0.3, 0.4) is 0 Å². The first-order valence-corrected chi connectivity index (χ1v) is 8.30. The summed E-state index contributed by atoms with van der Waals surface area (Å²) in [7, 11) is 0. The topological polar surface area (TPSA) is 72.8 Å². The Morgan fingerprint density at radius 3 is 2.27 bits per heavy atom. The lowest BCUT2D eigenvalue weighted by Crippen LogP contribution is -2.10. The highest BCUT2D eigenvalue weighted by Crippen LogP contribution is 2.29. The van der Waals surface area contributed by atoms with Gasteiger partial charge in [0.25, 0.3) is 0 Å². The predicted octanol–water partition coefficient (Wildman–Crippen LogP) is 4.55. The van der Waals surface area contributed by atoms with Crippen molar-refractivity contribution in [3.05, 3.63) is 71.8 Å². The Kier molecular flexibility index (Phi) is 5.17. The van der Waals surface area contributed by atoms with Crippen molar-refractivity contribution in [2.45, 2.75) is 13.3 Å².